The van der Waals surface area contributed by atoms with E-state index in [4.69, 9.17) is 12.2 Å². The van der Waals surface area contributed by atoms with Crippen LogP contribution in [0.4, 0.5) is 0 Å². The van der Waals surface area contributed by atoms with Gasteiger partial charge in [0.2, 0.25) is 5.82 Å². The lowest BCUT2D eigenvalue weighted by atomic mass is 10.3. The van der Waals surface area contributed by atoms with Gasteiger partial charge in [0.15, 0.2) is 0 Å². The van der Waals surface area contributed by atoms with Crippen LogP contribution in [-0.4, -0.2) is 23.0 Å². The Kier molecular flexibility index (Phi) is 2.56. The highest BCUT2D eigenvalue weighted by molar-refractivity contribution is 7.98. The quantitative estimate of drug-likeness (QED) is 0.585. The van der Waals surface area contributed by atoms with Crippen molar-refractivity contribution in [2.45, 2.75) is 11.5 Å². The minimum Gasteiger partial charge on any atom is -0.463 e. The van der Waals surface area contributed by atoms with Gasteiger partial charge in [0.25, 0.3) is 0 Å². The molecule has 4 nitrogen and oxygen atoms in total. The summed E-state index contributed by atoms with van der Waals surface area (Å²) in [6, 6.07) is 0. The van der Waals surface area contributed by atoms with E-state index in [0.29, 0.717) is 4.64 Å². The highest BCUT2D eigenvalue weighted by atomic mass is 32.2. The van der Waals surface area contributed by atoms with Crippen LogP contribution in [-0.2, 0) is 16.2 Å². The molecule has 0 saturated carbocycles. The molecule has 0 unspecified atom stereocenters. The number of hydrogen-bond acceptors (Lipinski definition) is 5. The lowest BCUT2D eigenvalue weighted by molar-refractivity contribution is 0.0586. The van der Waals surface area contributed by atoms with Crippen molar-refractivity contribution >= 4 is 29.9 Å². The van der Waals surface area contributed by atoms with Crippen molar-refractivity contribution in [1.29, 1.82) is 0 Å². The third-order valence-electron chi connectivity index (χ3n) is 1.98. The van der Waals surface area contributed by atoms with Crippen LogP contribution in [0.25, 0.3) is 0 Å². The lowest BCUT2D eigenvalue weighted by Gasteiger charge is -2.02. The number of fused-ring (bicyclic) bond motifs is 1. The van der Waals surface area contributed by atoms with Crippen molar-refractivity contribution in [2.75, 3.05) is 7.11 Å². The molecule has 1 aromatic rings. The van der Waals surface area contributed by atoms with Gasteiger partial charge in [-0.1, -0.05) is 12.2 Å². The predicted molar refractivity (Wildman–Crippen MR) is 55.8 cm³/mol. The fourth-order valence-corrected chi connectivity index (χ4v) is 2.71. The Morgan fingerprint density at radius 3 is 3.14 bits per heavy atom. The van der Waals surface area contributed by atoms with Gasteiger partial charge in [-0.2, -0.15) is 11.8 Å². The molecular formula is C8H8N2O2S2. The molecule has 74 valence electrons. The first-order valence-corrected chi connectivity index (χ1v) is 5.57. The molecule has 1 N–H and O–H groups in total. The molecule has 0 aliphatic carbocycles. The number of nitrogens with zero attached hydrogens (tertiary/aromatic N) is 1. The molecule has 6 heteroatoms. The Morgan fingerprint density at radius 1 is 1.64 bits per heavy atom. The van der Waals surface area contributed by atoms with E-state index >= 15 is 0 Å². The second-order valence-electron chi connectivity index (χ2n) is 2.83. The third-order valence-corrected chi connectivity index (χ3v) is 3.30. The first-order chi connectivity index (χ1) is 6.72. The maximum Gasteiger partial charge on any atom is 0.374 e. The van der Waals surface area contributed by atoms with E-state index in [1.54, 1.807) is 11.8 Å². The van der Waals surface area contributed by atoms with E-state index in [1.807, 2.05) is 0 Å². The van der Waals surface area contributed by atoms with Gasteiger partial charge in [-0.05, 0) is 0 Å². The summed E-state index contributed by atoms with van der Waals surface area (Å²) in [6.45, 7) is 0. The van der Waals surface area contributed by atoms with Crippen LogP contribution < -0.4 is 0 Å². The summed E-state index contributed by atoms with van der Waals surface area (Å²) in [5, 5.41) is 0. The van der Waals surface area contributed by atoms with Crippen LogP contribution >= 0.6 is 24.0 Å². The van der Waals surface area contributed by atoms with Gasteiger partial charge < -0.3 is 9.72 Å². The number of carbonyl (C=O) groups is 1. The fourth-order valence-electron chi connectivity index (χ4n) is 1.26. The number of hydrogen-bond donors (Lipinski definition) is 1. The van der Waals surface area contributed by atoms with Crippen molar-refractivity contribution in [2.24, 2.45) is 0 Å². The van der Waals surface area contributed by atoms with Gasteiger partial charge in [-0.25, -0.2) is 9.78 Å². The van der Waals surface area contributed by atoms with Crippen LogP contribution in [0, 0.1) is 4.64 Å². The normalized spacial score (nSPS) is 13.8. The summed E-state index contributed by atoms with van der Waals surface area (Å²) in [5.41, 5.74) is 2.04. The molecule has 1 aliphatic heterocycles. The topological polar surface area (TPSA) is 55.0 Å². The Hall–Kier alpha value is -0.880. The molecule has 1 aliphatic rings. The van der Waals surface area contributed by atoms with E-state index in [2.05, 4.69) is 14.7 Å². The van der Waals surface area contributed by atoms with Crippen LogP contribution in [0.1, 0.15) is 21.9 Å². The monoisotopic (exact) mass is 228 g/mol. The number of methoxy groups -OCH3 is 1. The maximum absolute atomic E-state index is 11.2. The predicted octanol–water partition coefficient (Wildman–Crippen LogP) is 1.67. The van der Waals surface area contributed by atoms with E-state index in [-0.39, 0.29) is 5.82 Å². The zero-order chi connectivity index (χ0) is 10.1. The summed E-state index contributed by atoms with van der Waals surface area (Å²) in [6.07, 6.45) is 0. The Bertz CT molecular complexity index is 441. The van der Waals surface area contributed by atoms with E-state index in [0.717, 1.165) is 22.8 Å². The Labute approximate surface area is 90.1 Å². The van der Waals surface area contributed by atoms with Crippen molar-refractivity contribution < 1.29 is 9.53 Å². The second-order valence-corrected chi connectivity index (χ2v) is 4.20. The van der Waals surface area contributed by atoms with E-state index in [9.17, 15) is 4.79 Å². The number of rotatable bonds is 1. The largest absolute Gasteiger partial charge is 0.463 e. The highest BCUT2D eigenvalue weighted by Gasteiger charge is 2.18. The summed E-state index contributed by atoms with van der Waals surface area (Å²) in [4.78, 5) is 18.1. The second kappa shape index (κ2) is 3.70. The van der Waals surface area contributed by atoms with Crippen LogP contribution in [0.15, 0.2) is 0 Å². The number of carbonyl (C=O) groups excluding carboxylic acids is 1. The highest BCUT2D eigenvalue weighted by Crippen LogP contribution is 2.28. The molecule has 0 aromatic carbocycles. The van der Waals surface area contributed by atoms with E-state index in [1.165, 1.54) is 7.11 Å². The average molecular weight is 228 g/mol. The zero-order valence-corrected chi connectivity index (χ0v) is 9.13. The number of aromatic nitrogens is 2. The molecule has 2 heterocycles. The molecule has 0 saturated heterocycles. The van der Waals surface area contributed by atoms with Crippen LogP contribution in [0.2, 0.25) is 0 Å². The average Bonchev–Trinajstić information content (AvgIpc) is 2.64. The molecule has 14 heavy (non-hydrogen) atoms. The summed E-state index contributed by atoms with van der Waals surface area (Å²) in [5.74, 6) is 1.44. The van der Waals surface area contributed by atoms with Crippen LogP contribution in [0.5, 0.6) is 0 Å². The van der Waals surface area contributed by atoms with Crippen molar-refractivity contribution in [1.82, 2.24) is 9.97 Å². The smallest absolute Gasteiger partial charge is 0.374 e. The molecule has 1 aromatic heterocycles. The summed E-state index contributed by atoms with van der Waals surface area (Å²) < 4.78 is 5.07. The molecular weight excluding hydrogens is 220 g/mol. The Balaban J connectivity index is 2.52. The van der Waals surface area contributed by atoms with Gasteiger partial charge in [0, 0.05) is 22.8 Å². The maximum atomic E-state index is 11.2. The molecule has 0 fully saturated rings. The van der Waals surface area contributed by atoms with Gasteiger partial charge >= 0.3 is 5.97 Å². The molecule has 0 spiro atoms. The van der Waals surface area contributed by atoms with Gasteiger partial charge in [-0.15, -0.1) is 0 Å². The molecule has 0 bridgehead atoms. The zero-order valence-electron chi connectivity index (χ0n) is 7.49. The van der Waals surface area contributed by atoms with E-state index < -0.39 is 5.97 Å². The van der Waals surface area contributed by atoms with Crippen molar-refractivity contribution in [3.63, 3.8) is 0 Å². The minimum atomic E-state index is -0.476. The first-order valence-electron chi connectivity index (χ1n) is 4.00. The van der Waals surface area contributed by atoms with Crippen molar-refractivity contribution in [3.8, 4) is 0 Å². The fraction of sp³-hybridized carbons (Fsp3) is 0.375. The van der Waals surface area contributed by atoms with Gasteiger partial charge in [-0.3, -0.25) is 0 Å². The summed E-state index contributed by atoms with van der Waals surface area (Å²) in [7, 11) is 1.32. The summed E-state index contributed by atoms with van der Waals surface area (Å²) >= 11 is 6.84. The SMILES string of the molecule is COC(=O)c1nc(=S)c2c([nH]1)CSC2. The number of thioether (sulfide) groups is 1. The number of ether oxygens (including phenoxy) is 1. The standard InChI is InChI=1S/C8H8N2O2S2/c1-12-8(11)6-9-5-3-14-2-4(5)7(13)10-6/h2-3H2,1H3,(H,9,10,13). The minimum absolute atomic E-state index is 0.193. The Morgan fingerprint density at radius 2 is 2.43 bits per heavy atom. The van der Waals surface area contributed by atoms with Crippen molar-refractivity contribution in [3.05, 3.63) is 21.7 Å². The number of aromatic amines is 1. The first kappa shape index (κ1) is 9.67. The number of H-pyrrole nitrogens is 1. The van der Waals surface area contributed by atoms with Gasteiger partial charge in [0.05, 0.1) is 7.11 Å². The van der Waals surface area contributed by atoms with Gasteiger partial charge in [0.1, 0.15) is 4.64 Å². The van der Waals surface area contributed by atoms with Crippen LogP contribution in [0.3, 0.4) is 0 Å². The third kappa shape index (κ3) is 1.55. The molecule has 2 rings (SSSR count). The lowest BCUT2D eigenvalue weighted by Crippen LogP contribution is -2.09. The molecule has 0 radical (unpaired) electrons. The number of esters is 1. The molecule has 0 amide bonds. The molecule has 0 atom stereocenters. The number of nitrogens with one attached hydrogen (secondary N) is 1.